The van der Waals surface area contributed by atoms with Crippen molar-refractivity contribution < 1.29 is 0 Å². The molecule has 0 fully saturated rings. The zero-order chi connectivity index (χ0) is 12.9. The number of hydrogen-bond donors (Lipinski definition) is 1. The van der Waals surface area contributed by atoms with Crippen molar-refractivity contribution in [2.24, 2.45) is 0 Å². The normalized spacial score (nSPS) is 11.8. The Morgan fingerprint density at radius 1 is 1.12 bits per heavy atom. The molecule has 0 amide bonds. The van der Waals surface area contributed by atoms with E-state index in [0.29, 0.717) is 0 Å². The van der Waals surface area contributed by atoms with E-state index in [4.69, 9.17) is 0 Å². The van der Waals surface area contributed by atoms with Crippen LogP contribution < -0.4 is 5.32 Å². The van der Waals surface area contributed by atoms with Crippen molar-refractivity contribution >= 4 is 0 Å². The van der Waals surface area contributed by atoms with Crippen LogP contribution in [0.5, 0.6) is 0 Å². The molecular formula is C16H27N. The summed E-state index contributed by atoms with van der Waals surface area (Å²) >= 11 is 0. The average Bonchev–Trinajstić information content (AvgIpc) is 2.25. The Morgan fingerprint density at radius 3 is 2.41 bits per heavy atom. The Hall–Kier alpha value is -0.820. The summed E-state index contributed by atoms with van der Waals surface area (Å²) < 4.78 is 0. The second-order valence-electron chi connectivity index (χ2n) is 5.95. The van der Waals surface area contributed by atoms with E-state index < -0.39 is 0 Å². The Morgan fingerprint density at radius 2 is 1.82 bits per heavy atom. The van der Waals surface area contributed by atoms with E-state index in [1.165, 1.54) is 36.0 Å². The Labute approximate surface area is 107 Å². The highest BCUT2D eigenvalue weighted by atomic mass is 14.8. The number of aryl methyl sites for hydroxylation is 2. The molecule has 0 aromatic heterocycles. The van der Waals surface area contributed by atoms with Crippen molar-refractivity contribution in [3.63, 3.8) is 0 Å². The molecule has 17 heavy (non-hydrogen) atoms. The molecule has 1 rings (SSSR count). The third-order valence-corrected chi connectivity index (χ3v) is 3.34. The molecule has 0 bridgehead atoms. The first-order valence-corrected chi connectivity index (χ1v) is 6.70. The van der Waals surface area contributed by atoms with Gasteiger partial charge in [0.2, 0.25) is 0 Å². The molecule has 0 saturated heterocycles. The van der Waals surface area contributed by atoms with E-state index in [-0.39, 0.29) is 5.41 Å². The van der Waals surface area contributed by atoms with Gasteiger partial charge in [0.15, 0.2) is 0 Å². The first-order valence-electron chi connectivity index (χ1n) is 6.70. The predicted octanol–water partition coefficient (Wildman–Crippen LogP) is 3.83. The van der Waals surface area contributed by atoms with Crippen LogP contribution in [0.1, 0.15) is 50.3 Å². The Bertz CT molecular complexity index is 347. The van der Waals surface area contributed by atoms with Crippen molar-refractivity contribution in [2.45, 2.75) is 52.4 Å². The van der Waals surface area contributed by atoms with Crippen LogP contribution in [0.2, 0.25) is 0 Å². The molecule has 0 aliphatic carbocycles. The van der Waals surface area contributed by atoms with Crippen molar-refractivity contribution in [3.8, 4) is 0 Å². The number of unbranched alkanes of at least 4 members (excludes halogenated alkanes) is 1. The van der Waals surface area contributed by atoms with Crippen LogP contribution >= 0.6 is 0 Å². The lowest BCUT2D eigenvalue weighted by molar-refractivity contribution is 0.588. The van der Waals surface area contributed by atoms with Crippen molar-refractivity contribution in [1.29, 1.82) is 0 Å². The summed E-state index contributed by atoms with van der Waals surface area (Å²) in [5, 5.41) is 3.20. The van der Waals surface area contributed by atoms with Gasteiger partial charge >= 0.3 is 0 Å². The van der Waals surface area contributed by atoms with Gasteiger partial charge in [-0.05, 0) is 61.9 Å². The van der Waals surface area contributed by atoms with Gasteiger partial charge in [-0.1, -0.05) is 39.0 Å². The minimum absolute atomic E-state index is 0.257. The van der Waals surface area contributed by atoms with E-state index in [9.17, 15) is 0 Å². The number of hydrogen-bond acceptors (Lipinski definition) is 1. The summed E-state index contributed by atoms with van der Waals surface area (Å²) in [7, 11) is 2.02. The molecule has 0 atom stereocenters. The maximum atomic E-state index is 3.20. The van der Waals surface area contributed by atoms with E-state index in [1.807, 2.05) is 7.05 Å². The fraction of sp³-hybridized carbons (Fsp3) is 0.625. The van der Waals surface area contributed by atoms with Gasteiger partial charge < -0.3 is 5.32 Å². The Kier molecular flexibility index (Phi) is 5.20. The van der Waals surface area contributed by atoms with Crippen LogP contribution in [0.3, 0.4) is 0 Å². The second kappa shape index (κ2) is 6.20. The Balaban J connectivity index is 2.70. The van der Waals surface area contributed by atoms with Crippen LogP contribution in [0.25, 0.3) is 0 Å². The number of benzene rings is 1. The van der Waals surface area contributed by atoms with Crippen LogP contribution in [0.15, 0.2) is 18.2 Å². The zero-order valence-electron chi connectivity index (χ0n) is 12.1. The maximum Gasteiger partial charge on any atom is -0.00518 e. The van der Waals surface area contributed by atoms with Gasteiger partial charge in [0.25, 0.3) is 0 Å². The average molecular weight is 233 g/mol. The molecule has 1 nitrogen and oxygen atoms in total. The smallest absolute Gasteiger partial charge is 0.00518 e. The van der Waals surface area contributed by atoms with Crippen molar-refractivity contribution in [1.82, 2.24) is 5.32 Å². The summed E-state index contributed by atoms with van der Waals surface area (Å²) in [5.74, 6) is 0. The first kappa shape index (κ1) is 14.2. The molecule has 0 aliphatic rings. The molecule has 1 aromatic rings. The highest BCUT2D eigenvalue weighted by Gasteiger charge is 2.14. The number of rotatable bonds is 5. The van der Waals surface area contributed by atoms with Crippen LogP contribution in [0.4, 0.5) is 0 Å². The topological polar surface area (TPSA) is 12.0 Å². The van der Waals surface area contributed by atoms with E-state index in [2.05, 4.69) is 51.2 Å². The molecule has 96 valence electrons. The third kappa shape index (κ3) is 4.51. The molecular weight excluding hydrogens is 206 g/mol. The minimum atomic E-state index is 0.257. The maximum absolute atomic E-state index is 3.20. The van der Waals surface area contributed by atoms with E-state index in [1.54, 1.807) is 0 Å². The van der Waals surface area contributed by atoms with Gasteiger partial charge in [0.05, 0.1) is 0 Å². The van der Waals surface area contributed by atoms with Crippen molar-refractivity contribution in [2.75, 3.05) is 13.6 Å². The fourth-order valence-corrected chi connectivity index (χ4v) is 2.02. The second-order valence-corrected chi connectivity index (χ2v) is 5.95. The van der Waals surface area contributed by atoms with E-state index >= 15 is 0 Å². The number of nitrogens with one attached hydrogen (secondary N) is 1. The molecule has 0 heterocycles. The molecule has 0 aliphatic heterocycles. The summed E-state index contributed by atoms with van der Waals surface area (Å²) in [5.41, 5.74) is 4.66. The van der Waals surface area contributed by atoms with Crippen molar-refractivity contribution in [3.05, 3.63) is 34.9 Å². The van der Waals surface area contributed by atoms with E-state index in [0.717, 1.165) is 6.54 Å². The molecule has 1 heteroatoms. The molecule has 0 unspecified atom stereocenters. The first-order chi connectivity index (χ1) is 7.95. The van der Waals surface area contributed by atoms with Gasteiger partial charge in [-0.3, -0.25) is 0 Å². The lowest BCUT2D eigenvalue weighted by Gasteiger charge is -2.21. The van der Waals surface area contributed by atoms with Crippen LogP contribution in [0, 0.1) is 6.92 Å². The molecule has 0 spiro atoms. The molecule has 0 saturated carbocycles. The van der Waals surface area contributed by atoms with Gasteiger partial charge in [-0.2, -0.15) is 0 Å². The summed E-state index contributed by atoms with van der Waals surface area (Å²) in [6.45, 7) is 10.2. The molecule has 1 N–H and O–H groups in total. The highest BCUT2D eigenvalue weighted by molar-refractivity contribution is 5.34. The minimum Gasteiger partial charge on any atom is -0.320 e. The lowest BCUT2D eigenvalue weighted by Crippen LogP contribution is -2.12. The zero-order valence-corrected chi connectivity index (χ0v) is 12.1. The van der Waals surface area contributed by atoms with Gasteiger partial charge in [-0.15, -0.1) is 0 Å². The predicted molar refractivity (Wildman–Crippen MR) is 76.7 cm³/mol. The summed E-state index contributed by atoms with van der Waals surface area (Å²) in [4.78, 5) is 0. The quantitative estimate of drug-likeness (QED) is 0.762. The summed E-state index contributed by atoms with van der Waals surface area (Å²) in [6, 6.07) is 6.94. The van der Waals surface area contributed by atoms with Gasteiger partial charge in [-0.25, -0.2) is 0 Å². The van der Waals surface area contributed by atoms with Gasteiger partial charge in [0.1, 0.15) is 0 Å². The van der Waals surface area contributed by atoms with Gasteiger partial charge in [0, 0.05) is 0 Å². The standard InChI is InChI=1S/C16H27N/c1-13-9-10-15(16(2,3)4)12-14(13)8-6-7-11-17-5/h9-10,12,17H,6-8,11H2,1-5H3. The fourth-order valence-electron chi connectivity index (χ4n) is 2.02. The lowest BCUT2D eigenvalue weighted by atomic mass is 9.84. The SMILES string of the molecule is CNCCCCc1cc(C(C)(C)C)ccc1C. The largest absolute Gasteiger partial charge is 0.320 e. The highest BCUT2D eigenvalue weighted by Crippen LogP contribution is 2.25. The monoisotopic (exact) mass is 233 g/mol. The molecule has 0 radical (unpaired) electrons. The van der Waals surface area contributed by atoms with Crippen LogP contribution in [-0.4, -0.2) is 13.6 Å². The summed E-state index contributed by atoms with van der Waals surface area (Å²) in [6.07, 6.45) is 3.74. The third-order valence-electron chi connectivity index (χ3n) is 3.34. The molecule has 1 aromatic carbocycles. The van der Waals surface area contributed by atoms with Crippen LogP contribution in [-0.2, 0) is 11.8 Å².